The number of nitrogens with zero attached hydrogens (tertiary/aromatic N) is 1. The minimum absolute atomic E-state index is 0.0907. The zero-order valence-electron chi connectivity index (χ0n) is 13.3. The lowest BCUT2D eigenvalue weighted by molar-refractivity contribution is 0.0195. The van der Waals surface area contributed by atoms with Crippen LogP contribution in [0.15, 0.2) is 30.3 Å². The van der Waals surface area contributed by atoms with Gasteiger partial charge < -0.3 is 14.7 Å². The number of likely N-dealkylation sites (tertiary alicyclic amines) is 1. The average Bonchev–Trinajstić information content (AvgIpc) is 2.54. The highest BCUT2D eigenvalue weighted by molar-refractivity contribution is 5.14. The molecule has 1 fully saturated rings. The van der Waals surface area contributed by atoms with E-state index < -0.39 is 0 Å². The number of piperidine rings is 1. The second kappa shape index (κ2) is 8.52. The summed E-state index contributed by atoms with van der Waals surface area (Å²) in [5.41, 5.74) is 1.49. The van der Waals surface area contributed by atoms with Crippen LogP contribution in [0, 0.1) is 5.41 Å². The molecule has 0 radical (unpaired) electrons. The molecule has 0 aromatic heterocycles. The van der Waals surface area contributed by atoms with Crippen LogP contribution in [0.2, 0.25) is 0 Å². The van der Waals surface area contributed by atoms with Crippen molar-refractivity contribution in [2.75, 3.05) is 40.0 Å². The quantitative estimate of drug-likeness (QED) is 0.748. The maximum atomic E-state index is 9.88. The van der Waals surface area contributed by atoms with Gasteiger partial charge in [0, 0.05) is 38.8 Å². The Kier molecular flexibility index (Phi) is 6.68. The Morgan fingerprint density at radius 3 is 2.81 bits per heavy atom. The van der Waals surface area contributed by atoms with Crippen molar-refractivity contribution in [2.24, 2.45) is 5.41 Å². The molecule has 1 aromatic carbocycles. The van der Waals surface area contributed by atoms with Crippen molar-refractivity contribution in [1.29, 1.82) is 0 Å². The van der Waals surface area contributed by atoms with Gasteiger partial charge in [-0.05, 0) is 44.2 Å². The summed E-state index contributed by atoms with van der Waals surface area (Å²) in [6.07, 6.45) is 5.56. The van der Waals surface area contributed by atoms with Gasteiger partial charge in [-0.3, -0.25) is 0 Å². The fourth-order valence-electron chi connectivity index (χ4n) is 3.44. The van der Waals surface area contributed by atoms with Crippen molar-refractivity contribution < 1.29 is 9.84 Å². The van der Waals surface area contributed by atoms with Gasteiger partial charge in [0.15, 0.2) is 0 Å². The summed E-state index contributed by atoms with van der Waals surface area (Å²) < 4.78 is 5.16. The van der Waals surface area contributed by atoms with Gasteiger partial charge in [0.1, 0.15) is 0 Å². The molecule has 1 aliphatic heterocycles. The van der Waals surface area contributed by atoms with Crippen molar-refractivity contribution in [2.45, 2.75) is 32.1 Å². The molecule has 118 valence electrons. The van der Waals surface area contributed by atoms with Gasteiger partial charge in [-0.15, -0.1) is 0 Å². The first-order chi connectivity index (χ1) is 10.3. The highest BCUT2D eigenvalue weighted by Crippen LogP contribution is 2.34. The molecular weight excluding hydrogens is 262 g/mol. The van der Waals surface area contributed by atoms with E-state index in [1.807, 2.05) is 0 Å². The summed E-state index contributed by atoms with van der Waals surface area (Å²) in [4.78, 5) is 2.53. The number of ether oxygens (including phenoxy) is 1. The average molecular weight is 291 g/mol. The summed E-state index contributed by atoms with van der Waals surface area (Å²) in [5.74, 6) is 0. The van der Waals surface area contributed by atoms with Gasteiger partial charge >= 0.3 is 0 Å². The van der Waals surface area contributed by atoms with Gasteiger partial charge in [-0.1, -0.05) is 30.3 Å². The first-order valence-corrected chi connectivity index (χ1v) is 8.14. The van der Waals surface area contributed by atoms with Gasteiger partial charge in [0.05, 0.1) is 0 Å². The standard InChI is InChI=1S/C18H29NO2/c1-21-14-6-11-18(16-20)10-5-12-19(15-18)13-9-17-7-3-2-4-8-17/h2-4,7-8,20H,5-6,9-16H2,1H3. The molecule has 0 saturated carbocycles. The molecule has 2 rings (SSSR count). The fraction of sp³-hybridized carbons (Fsp3) is 0.667. The van der Waals surface area contributed by atoms with Crippen LogP contribution in [0.5, 0.6) is 0 Å². The van der Waals surface area contributed by atoms with E-state index in [-0.39, 0.29) is 5.41 Å². The van der Waals surface area contributed by atoms with Crippen LogP contribution in [-0.2, 0) is 11.2 Å². The van der Waals surface area contributed by atoms with Crippen LogP contribution in [0.4, 0.5) is 0 Å². The molecule has 1 aromatic rings. The third-order valence-electron chi connectivity index (χ3n) is 4.69. The first kappa shape index (κ1) is 16.5. The molecule has 1 heterocycles. The third kappa shape index (κ3) is 5.10. The number of methoxy groups -OCH3 is 1. The number of rotatable bonds is 8. The second-order valence-electron chi connectivity index (χ2n) is 6.37. The lowest BCUT2D eigenvalue weighted by Crippen LogP contribution is -2.46. The Morgan fingerprint density at radius 1 is 1.29 bits per heavy atom. The van der Waals surface area contributed by atoms with Gasteiger partial charge in [-0.25, -0.2) is 0 Å². The fourth-order valence-corrected chi connectivity index (χ4v) is 3.44. The molecule has 0 amide bonds. The molecule has 1 unspecified atom stereocenters. The van der Waals surface area contributed by atoms with Crippen molar-refractivity contribution in [1.82, 2.24) is 4.90 Å². The molecule has 1 aliphatic rings. The summed E-state index contributed by atoms with van der Waals surface area (Å²) in [7, 11) is 1.75. The lowest BCUT2D eigenvalue weighted by Gasteiger charge is -2.42. The Morgan fingerprint density at radius 2 is 2.10 bits per heavy atom. The highest BCUT2D eigenvalue weighted by atomic mass is 16.5. The SMILES string of the molecule is COCCCC1(CO)CCCN(CCc2ccccc2)C1. The lowest BCUT2D eigenvalue weighted by atomic mass is 9.77. The van der Waals surface area contributed by atoms with E-state index in [0.29, 0.717) is 6.61 Å². The van der Waals surface area contributed by atoms with E-state index >= 15 is 0 Å². The Balaban J connectivity index is 1.83. The van der Waals surface area contributed by atoms with Gasteiger partial charge in [-0.2, -0.15) is 0 Å². The van der Waals surface area contributed by atoms with Crippen molar-refractivity contribution in [3.05, 3.63) is 35.9 Å². The molecule has 1 N–H and O–H groups in total. The highest BCUT2D eigenvalue weighted by Gasteiger charge is 2.34. The first-order valence-electron chi connectivity index (χ1n) is 8.14. The van der Waals surface area contributed by atoms with Crippen LogP contribution >= 0.6 is 0 Å². The van der Waals surface area contributed by atoms with Crippen LogP contribution in [0.25, 0.3) is 0 Å². The monoisotopic (exact) mass is 291 g/mol. The molecule has 21 heavy (non-hydrogen) atoms. The van der Waals surface area contributed by atoms with Crippen molar-refractivity contribution in [3.8, 4) is 0 Å². The molecule has 1 saturated heterocycles. The molecular formula is C18H29NO2. The predicted octanol–water partition coefficient (Wildman–Crippen LogP) is 2.73. The van der Waals surface area contributed by atoms with Crippen LogP contribution in [0.3, 0.4) is 0 Å². The minimum atomic E-state index is 0.0907. The van der Waals surface area contributed by atoms with Crippen LogP contribution in [-0.4, -0.2) is 50.0 Å². The summed E-state index contributed by atoms with van der Waals surface area (Å²) >= 11 is 0. The predicted molar refractivity (Wildman–Crippen MR) is 86.4 cm³/mol. The molecule has 3 heteroatoms. The van der Waals surface area contributed by atoms with E-state index in [4.69, 9.17) is 4.74 Å². The number of benzene rings is 1. The maximum Gasteiger partial charge on any atom is 0.0499 e. The molecule has 1 atom stereocenters. The Labute approximate surface area is 128 Å². The molecule has 3 nitrogen and oxygen atoms in total. The number of hydrogen-bond donors (Lipinski definition) is 1. The minimum Gasteiger partial charge on any atom is -0.396 e. The van der Waals surface area contributed by atoms with Gasteiger partial charge in [0.2, 0.25) is 0 Å². The smallest absolute Gasteiger partial charge is 0.0499 e. The largest absolute Gasteiger partial charge is 0.396 e. The number of aliphatic hydroxyl groups is 1. The van der Waals surface area contributed by atoms with E-state index in [9.17, 15) is 5.11 Å². The van der Waals surface area contributed by atoms with Crippen molar-refractivity contribution in [3.63, 3.8) is 0 Å². The zero-order chi connectivity index (χ0) is 15.0. The molecule has 0 spiro atoms. The number of hydrogen-bond acceptors (Lipinski definition) is 3. The van der Waals surface area contributed by atoms with Gasteiger partial charge in [0.25, 0.3) is 0 Å². The number of aliphatic hydroxyl groups excluding tert-OH is 1. The van der Waals surface area contributed by atoms with E-state index in [2.05, 4.69) is 35.2 Å². The van der Waals surface area contributed by atoms with E-state index in [0.717, 1.165) is 45.4 Å². The summed E-state index contributed by atoms with van der Waals surface area (Å²) in [6.45, 7) is 4.39. The zero-order valence-corrected chi connectivity index (χ0v) is 13.3. The second-order valence-corrected chi connectivity index (χ2v) is 6.37. The maximum absolute atomic E-state index is 9.88. The van der Waals surface area contributed by atoms with Crippen LogP contribution in [0.1, 0.15) is 31.2 Å². The third-order valence-corrected chi connectivity index (χ3v) is 4.69. The summed E-state index contributed by atoms with van der Waals surface area (Å²) in [5, 5.41) is 9.88. The Bertz CT molecular complexity index is 395. The molecule has 0 bridgehead atoms. The summed E-state index contributed by atoms with van der Waals surface area (Å²) in [6, 6.07) is 10.7. The van der Waals surface area contributed by atoms with E-state index in [1.54, 1.807) is 7.11 Å². The normalized spacial score (nSPS) is 23.3. The Hall–Kier alpha value is -0.900. The topological polar surface area (TPSA) is 32.7 Å². The van der Waals surface area contributed by atoms with E-state index in [1.165, 1.54) is 18.5 Å². The van der Waals surface area contributed by atoms with Crippen molar-refractivity contribution >= 4 is 0 Å². The van der Waals surface area contributed by atoms with Crippen LogP contribution < -0.4 is 0 Å². The molecule has 0 aliphatic carbocycles.